The van der Waals surface area contributed by atoms with E-state index >= 15 is 0 Å². The Kier molecular flexibility index (Phi) is 4.29. The molecule has 1 aromatic rings. The normalized spacial score (nSPS) is 15.1. The van der Waals surface area contributed by atoms with E-state index in [1.54, 1.807) is 0 Å². The minimum Gasteiger partial charge on any atom is -0.495 e. The summed E-state index contributed by atoms with van der Waals surface area (Å²) in [6.07, 6.45) is 3.11. The Balaban J connectivity index is 2.22. The van der Waals surface area contributed by atoms with Crippen LogP contribution in [-0.4, -0.2) is 33.1 Å². The molecule has 1 aliphatic rings. The van der Waals surface area contributed by atoms with Crippen LogP contribution in [-0.2, 0) is 10.0 Å². The molecule has 20 heavy (non-hydrogen) atoms. The van der Waals surface area contributed by atoms with E-state index < -0.39 is 16.0 Å². The van der Waals surface area contributed by atoms with Gasteiger partial charge in [0.2, 0.25) is 10.0 Å². The van der Waals surface area contributed by atoms with E-state index in [1.807, 2.05) is 0 Å². The van der Waals surface area contributed by atoms with Crippen molar-refractivity contribution in [3.63, 3.8) is 0 Å². The Bertz CT molecular complexity index is 607. The van der Waals surface area contributed by atoms with Crippen molar-refractivity contribution in [1.29, 1.82) is 0 Å². The smallest absolute Gasteiger partial charge is 0.335 e. The highest BCUT2D eigenvalue weighted by Gasteiger charge is 2.24. The summed E-state index contributed by atoms with van der Waals surface area (Å²) in [5.41, 5.74) is -0.0895. The number of carboxylic acid groups (broad SMARTS) is 1. The molecule has 1 aromatic carbocycles. The molecule has 1 aliphatic carbocycles. The van der Waals surface area contributed by atoms with E-state index in [0.29, 0.717) is 12.5 Å². The number of hydrogen-bond donors (Lipinski definition) is 2. The summed E-state index contributed by atoms with van der Waals surface area (Å²) in [6, 6.07) is 3.77. The third-order valence-electron chi connectivity index (χ3n) is 3.24. The van der Waals surface area contributed by atoms with Gasteiger partial charge < -0.3 is 9.84 Å². The number of sulfonamides is 1. The molecule has 6 nitrogen and oxygen atoms in total. The second-order valence-electron chi connectivity index (χ2n) is 4.80. The van der Waals surface area contributed by atoms with E-state index in [9.17, 15) is 13.2 Å². The van der Waals surface area contributed by atoms with E-state index in [-0.39, 0.29) is 16.2 Å². The van der Waals surface area contributed by atoms with Crippen LogP contribution in [0.15, 0.2) is 23.1 Å². The number of nitrogens with one attached hydrogen (secondary N) is 1. The molecule has 0 unspecified atom stereocenters. The number of carbonyl (C=O) groups is 1. The summed E-state index contributed by atoms with van der Waals surface area (Å²) in [4.78, 5) is 10.8. The van der Waals surface area contributed by atoms with Gasteiger partial charge in [-0.1, -0.05) is 12.8 Å². The zero-order valence-corrected chi connectivity index (χ0v) is 11.9. The van der Waals surface area contributed by atoms with Crippen molar-refractivity contribution in [3.8, 4) is 5.75 Å². The van der Waals surface area contributed by atoms with Crippen LogP contribution in [0, 0.1) is 5.92 Å². The molecule has 0 heterocycles. The predicted molar refractivity (Wildman–Crippen MR) is 72.5 cm³/mol. The maximum absolute atomic E-state index is 12.2. The lowest BCUT2D eigenvalue weighted by atomic mass is 10.2. The van der Waals surface area contributed by atoms with E-state index in [0.717, 1.165) is 25.3 Å². The van der Waals surface area contributed by atoms with Crippen molar-refractivity contribution >= 4 is 16.0 Å². The second kappa shape index (κ2) is 5.80. The summed E-state index contributed by atoms with van der Waals surface area (Å²) in [5, 5.41) is 8.94. The lowest BCUT2D eigenvalue weighted by molar-refractivity contribution is 0.0696. The molecule has 0 spiro atoms. The summed E-state index contributed by atoms with van der Waals surface area (Å²) in [7, 11) is -2.42. The fourth-order valence-corrected chi connectivity index (χ4v) is 3.14. The molecule has 110 valence electrons. The molecule has 0 amide bonds. The molecule has 2 rings (SSSR count). The van der Waals surface area contributed by atoms with Gasteiger partial charge in [-0.3, -0.25) is 0 Å². The number of aromatic carboxylic acids is 1. The Labute approximate surface area is 117 Å². The first-order valence-electron chi connectivity index (χ1n) is 6.35. The van der Waals surface area contributed by atoms with Crippen LogP contribution in [0.2, 0.25) is 0 Å². The van der Waals surface area contributed by atoms with Gasteiger partial charge in [0.1, 0.15) is 10.6 Å². The Morgan fingerprint density at radius 1 is 1.45 bits per heavy atom. The highest BCUT2D eigenvalue weighted by Crippen LogP contribution is 2.32. The number of hydrogen-bond acceptors (Lipinski definition) is 4. The molecular weight excluding hydrogens is 282 g/mol. The number of methoxy groups -OCH3 is 1. The van der Waals surface area contributed by atoms with Gasteiger partial charge in [0.05, 0.1) is 12.7 Å². The van der Waals surface area contributed by atoms with Gasteiger partial charge in [-0.2, -0.15) is 0 Å². The Morgan fingerprint density at radius 2 is 2.15 bits per heavy atom. The van der Waals surface area contributed by atoms with Gasteiger partial charge in [-0.15, -0.1) is 0 Å². The fraction of sp³-hybridized carbons (Fsp3) is 0.462. The van der Waals surface area contributed by atoms with Crippen molar-refractivity contribution in [1.82, 2.24) is 4.72 Å². The topological polar surface area (TPSA) is 92.7 Å². The number of rotatable bonds is 7. The second-order valence-corrected chi connectivity index (χ2v) is 6.54. The summed E-state index contributed by atoms with van der Waals surface area (Å²) in [5.74, 6) is -0.430. The van der Waals surface area contributed by atoms with E-state index in [4.69, 9.17) is 9.84 Å². The number of benzene rings is 1. The average Bonchev–Trinajstić information content (AvgIpc) is 3.21. The van der Waals surface area contributed by atoms with Crippen LogP contribution < -0.4 is 9.46 Å². The molecule has 1 saturated carbocycles. The molecule has 7 heteroatoms. The van der Waals surface area contributed by atoms with E-state index in [1.165, 1.54) is 19.2 Å². The lowest BCUT2D eigenvalue weighted by Gasteiger charge is -2.11. The van der Waals surface area contributed by atoms with Gasteiger partial charge in [0, 0.05) is 6.54 Å². The summed E-state index contributed by atoms with van der Waals surface area (Å²) < 4.78 is 31.9. The highest BCUT2D eigenvalue weighted by molar-refractivity contribution is 7.89. The van der Waals surface area contributed by atoms with Crippen LogP contribution in [0.5, 0.6) is 5.75 Å². The van der Waals surface area contributed by atoms with Crippen LogP contribution >= 0.6 is 0 Å². The van der Waals surface area contributed by atoms with Crippen molar-refractivity contribution in [2.24, 2.45) is 5.92 Å². The standard InChI is InChI=1S/C13H17NO5S/c1-19-11-5-4-10(13(15)16)8-12(11)20(17,18)14-7-6-9-2-3-9/h4-5,8-9,14H,2-3,6-7H2,1H3,(H,15,16). The predicted octanol–water partition coefficient (Wildman–Crippen LogP) is 1.47. The number of ether oxygens (including phenoxy) is 1. The van der Waals surface area contributed by atoms with Gasteiger partial charge in [0.25, 0.3) is 0 Å². The molecule has 0 atom stereocenters. The summed E-state index contributed by atoms with van der Waals surface area (Å²) >= 11 is 0. The van der Waals surface area contributed by atoms with Gasteiger partial charge in [-0.25, -0.2) is 17.9 Å². The fourth-order valence-electron chi connectivity index (χ4n) is 1.90. The first-order chi connectivity index (χ1) is 9.44. The largest absolute Gasteiger partial charge is 0.495 e. The van der Waals surface area contributed by atoms with E-state index in [2.05, 4.69) is 4.72 Å². The van der Waals surface area contributed by atoms with Crippen molar-refractivity contribution in [2.75, 3.05) is 13.7 Å². The molecule has 0 radical (unpaired) electrons. The molecule has 0 bridgehead atoms. The lowest BCUT2D eigenvalue weighted by Crippen LogP contribution is -2.25. The minimum absolute atomic E-state index is 0.0895. The van der Waals surface area contributed by atoms with Crippen molar-refractivity contribution in [2.45, 2.75) is 24.2 Å². The third-order valence-corrected chi connectivity index (χ3v) is 4.72. The van der Waals surface area contributed by atoms with Gasteiger partial charge >= 0.3 is 5.97 Å². The van der Waals surface area contributed by atoms with Crippen LogP contribution in [0.1, 0.15) is 29.6 Å². The van der Waals surface area contributed by atoms with Crippen LogP contribution in [0.3, 0.4) is 0 Å². The zero-order valence-electron chi connectivity index (χ0n) is 11.1. The maximum atomic E-state index is 12.2. The van der Waals surface area contributed by atoms with Gasteiger partial charge in [-0.05, 0) is 30.5 Å². The third kappa shape index (κ3) is 3.49. The number of carboxylic acids is 1. The maximum Gasteiger partial charge on any atom is 0.335 e. The molecule has 0 saturated heterocycles. The van der Waals surface area contributed by atoms with Crippen LogP contribution in [0.25, 0.3) is 0 Å². The molecule has 0 aliphatic heterocycles. The van der Waals surface area contributed by atoms with Gasteiger partial charge in [0.15, 0.2) is 0 Å². The molecule has 1 fully saturated rings. The molecule has 0 aromatic heterocycles. The minimum atomic E-state index is -3.77. The first-order valence-corrected chi connectivity index (χ1v) is 7.83. The zero-order chi connectivity index (χ0) is 14.8. The summed E-state index contributed by atoms with van der Waals surface area (Å²) in [6.45, 7) is 0.355. The van der Waals surface area contributed by atoms with Crippen molar-refractivity contribution < 1.29 is 23.1 Å². The van der Waals surface area contributed by atoms with Crippen molar-refractivity contribution in [3.05, 3.63) is 23.8 Å². The highest BCUT2D eigenvalue weighted by atomic mass is 32.2. The Hall–Kier alpha value is -1.60. The Morgan fingerprint density at radius 3 is 2.70 bits per heavy atom. The SMILES string of the molecule is COc1ccc(C(=O)O)cc1S(=O)(=O)NCCC1CC1. The first kappa shape index (κ1) is 14.8. The molecule has 2 N–H and O–H groups in total. The average molecular weight is 299 g/mol. The molecular formula is C13H17NO5S. The monoisotopic (exact) mass is 299 g/mol. The quantitative estimate of drug-likeness (QED) is 0.795. The van der Waals surface area contributed by atoms with Crippen LogP contribution in [0.4, 0.5) is 0 Å².